The molecule has 1 unspecified atom stereocenters. The third-order valence-corrected chi connectivity index (χ3v) is 7.99. The number of ether oxygens (including phenoxy) is 1. The van der Waals surface area contributed by atoms with Gasteiger partial charge in [0.25, 0.3) is 0 Å². The van der Waals surface area contributed by atoms with Gasteiger partial charge in [-0.05, 0) is 50.1 Å². The fourth-order valence-corrected chi connectivity index (χ4v) is 5.85. The van der Waals surface area contributed by atoms with Gasteiger partial charge in [0.1, 0.15) is 11.8 Å². The van der Waals surface area contributed by atoms with E-state index in [-0.39, 0.29) is 35.0 Å². The highest BCUT2D eigenvalue weighted by atomic mass is 32.1. The molecule has 41 heavy (non-hydrogen) atoms. The summed E-state index contributed by atoms with van der Waals surface area (Å²) in [5.74, 6) is -0.362. The standard InChI is InChI=1S/C28H25F3N6O3S/c1-15(38)34-27-36-25-22(3-2-4-23(25)41-27)40-24-12-20(32-14-33-24)19-8-5-17(28(29,30)31)11-21(19)35-26(39)16-9-10-37(13-16)18-6-7-18/h2-5,8,11-12,14,16,18H,6-7,9-10,13H2,1H3,(H,35,39)(H,34,36,38). The van der Waals surface area contributed by atoms with Crippen LogP contribution in [0.4, 0.5) is 24.0 Å². The highest BCUT2D eigenvalue weighted by molar-refractivity contribution is 7.22. The highest BCUT2D eigenvalue weighted by Crippen LogP contribution is 2.38. The zero-order valence-corrected chi connectivity index (χ0v) is 22.7. The van der Waals surface area contributed by atoms with Gasteiger partial charge in [-0.2, -0.15) is 13.2 Å². The van der Waals surface area contributed by atoms with Crippen molar-refractivity contribution in [3.05, 3.63) is 54.4 Å². The molecule has 212 valence electrons. The molecule has 2 aliphatic rings. The molecule has 2 amide bonds. The molecule has 4 aromatic rings. The van der Waals surface area contributed by atoms with Gasteiger partial charge in [0.2, 0.25) is 17.7 Å². The number of aromatic nitrogens is 3. The summed E-state index contributed by atoms with van der Waals surface area (Å²) >= 11 is 1.29. The molecular weight excluding hydrogens is 557 g/mol. The van der Waals surface area contributed by atoms with Crippen molar-refractivity contribution in [1.29, 1.82) is 0 Å². The van der Waals surface area contributed by atoms with Crippen molar-refractivity contribution in [3.8, 4) is 22.9 Å². The lowest BCUT2D eigenvalue weighted by atomic mass is 10.0. The van der Waals surface area contributed by atoms with Crippen LogP contribution in [0.25, 0.3) is 21.5 Å². The third-order valence-electron chi connectivity index (χ3n) is 7.06. The number of para-hydroxylation sites is 1. The van der Waals surface area contributed by atoms with Crippen LogP contribution < -0.4 is 15.4 Å². The van der Waals surface area contributed by atoms with E-state index in [2.05, 4.69) is 30.5 Å². The Labute approximate surface area is 236 Å². The van der Waals surface area contributed by atoms with E-state index in [9.17, 15) is 22.8 Å². The zero-order chi connectivity index (χ0) is 28.7. The van der Waals surface area contributed by atoms with Crippen LogP contribution in [0.5, 0.6) is 11.6 Å². The molecule has 2 aromatic carbocycles. The van der Waals surface area contributed by atoms with E-state index in [0.29, 0.717) is 41.0 Å². The Bertz CT molecular complexity index is 1640. The average Bonchev–Trinajstić information content (AvgIpc) is 3.50. The van der Waals surface area contributed by atoms with E-state index in [0.717, 1.165) is 36.2 Å². The zero-order valence-electron chi connectivity index (χ0n) is 21.9. The summed E-state index contributed by atoms with van der Waals surface area (Å²) in [5.41, 5.74) is 0.227. The lowest BCUT2D eigenvalue weighted by molar-refractivity contribution is -0.137. The molecule has 13 heteroatoms. The number of hydrogen-bond donors (Lipinski definition) is 2. The molecule has 1 aliphatic heterocycles. The minimum atomic E-state index is -4.59. The molecule has 2 fully saturated rings. The number of benzene rings is 2. The number of rotatable bonds is 7. The summed E-state index contributed by atoms with van der Waals surface area (Å²) in [5, 5.41) is 5.82. The molecule has 0 bridgehead atoms. The Balaban J connectivity index is 1.29. The van der Waals surface area contributed by atoms with Gasteiger partial charge >= 0.3 is 6.18 Å². The van der Waals surface area contributed by atoms with Crippen LogP contribution in [0.3, 0.4) is 0 Å². The first kappa shape index (κ1) is 27.1. The number of nitrogens with zero attached hydrogens (tertiary/aromatic N) is 4. The molecule has 9 nitrogen and oxygen atoms in total. The Kier molecular flexibility index (Phi) is 7.08. The highest BCUT2D eigenvalue weighted by Gasteiger charge is 2.37. The van der Waals surface area contributed by atoms with Crippen molar-refractivity contribution in [2.75, 3.05) is 23.7 Å². The number of anilines is 2. The monoisotopic (exact) mass is 582 g/mol. The van der Waals surface area contributed by atoms with Crippen molar-refractivity contribution in [2.24, 2.45) is 5.92 Å². The minimum Gasteiger partial charge on any atom is -0.437 e. The number of carbonyl (C=O) groups is 2. The SMILES string of the molecule is CC(=O)Nc1nc2c(Oc3cc(-c4ccc(C(F)(F)F)cc4NC(=O)C4CCN(C5CC5)C4)ncn3)cccc2s1. The van der Waals surface area contributed by atoms with E-state index in [1.54, 1.807) is 12.1 Å². The second kappa shape index (κ2) is 10.7. The Morgan fingerprint density at radius 3 is 2.66 bits per heavy atom. The Morgan fingerprint density at radius 1 is 1.07 bits per heavy atom. The van der Waals surface area contributed by atoms with Gasteiger partial charge in [-0.3, -0.25) is 14.5 Å². The summed E-state index contributed by atoms with van der Waals surface area (Å²) in [4.78, 5) is 39.7. The summed E-state index contributed by atoms with van der Waals surface area (Å²) in [6.07, 6.45) is -0.442. The molecule has 2 aromatic heterocycles. The van der Waals surface area contributed by atoms with E-state index in [1.165, 1.54) is 36.7 Å². The fourth-order valence-electron chi connectivity index (χ4n) is 4.92. The molecule has 1 aliphatic carbocycles. The molecule has 6 rings (SSSR count). The number of thiazole rings is 1. The number of likely N-dealkylation sites (tertiary alicyclic amines) is 1. The van der Waals surface area contributed by atoms with Gasteiger partial charge in [-0.15, -0.1) is 0 Å². The number of hydrogen-bond acceptors (Lipinski definition) is 8. The Hall–Kier alpha value is -4.10. The van der Waals surface area contributed by atoms with Crippen molar-refractivity contribution in [1.82, 2.24) is 19.9 Å². The van der Waals surface area contributed by atoms with E-state index >= 15 is 0 Å². The third kappa shape index (κ3) is 6.00. The predicted octanol–water partition coefficient (Wildman–Crippen LogP) is 5.95. The summed E-state index contributed by atoms with van der Waals surface area (Å²) in [6, 6.07) is 10.5. The van der Waals surface area contributed by atoms with Crippen molar-refractivity contribution in [2.45, 2.75) is 38.4 Å². The van der Waals surface area contributed by atoms with E-state index in [4.69, 9.17) is 4.74 Å². The maximum atomic E-state index is 13.6. The minimum absolute atomic E-state index is 0.0147. The molecular formula is C28H25F3N6O3S. The number of alkyl halides is 3. The van der Waals surface area contributed by atoms with Crippen LogP contribution >= 0.6 is 11.3 Å². The maximum Gasteiger partial charge on any atom is 0.416 e. The van der Waals surface area contributed by atoms with Crippen LogP contribution in [0.15, 0.2) is 48.8 Å². The second-order valence-corrected chi connectivity index (χ2v) is 11.1. The largest absolute Gasteiger partial charge is 0.437 e. The number of nitrogens with one attached hydrogen (secondary N) is 2. The molecule has 2 N–H and O–H groups in total. The first-order chi connectivity index (χ1) is 19.6. The van der Waals surface area contributed by atoms with Crippen molar-refractivity contribution >= 4 is 44.2 Å². The smallest absolute Gasteiger partial charge is 0.416 e. The van der Waals surface area contributed by atoms with Crippen LogP contribution in [-0.2, 0) is 15.8 Å². The topological polar surface area (TPSA) is 109 Å². The van der Waals surface area contributed by atoms with Gasteiger partial charge in [-0.1, -0.05) is 23.5 Å². The number of amides is 2. The lowest BCUT2D eigenvalue weighted by Gasteiger charge is -2.17. The second-order valence-electron chi connectivity index (χ2n) is 10.1. The Morgan fingerprint density at radius 2 is 1.90 bits per heavy atom. The quantitative estimate of drug-likeness (QED) is 0.277. The normalized spacial score (nSPS) is 17.5. The molecule has 1 saturated heterocycles. The lowest BCUT2D eigenvalue weighted by Crippen LogP contribution is -2.28. The van der Waals surface area contributed by atoms with Crippen LogP contribution in [-0.4, -0.2) is 50.8 Å². The number of halogens is 3. The van der Waals surface area contributed by atoms with Crippen molar-refractivity contribution < 1.29 is 27.5 Å². The predicted molar refractivity (Wildman–Crippen MR) is 148 cm³/mol. The average molecular weight is 583 g/mol. The van der Waals surface area contributed by atoms with Crippen LogP contribution in [0, 0.1) is 5.92 Å². The van der Waals surface area contributed by atoms with Gasteiger partial charge in [0.05, 0.1) is 27.6 Å². The molecule has 1 atom stereocenters. The summed E-state index contributed by atoms with van der Waals surface area (Å²) < 4.78 is 47.6. The number of fused-ring (bicyclic) bond motifs is 1. The summed E-state index contributed by atoms with van der Waals surface area (Å²) in [6.45, 7) is 2.80. The molecule has 1 saturated carbocycles. The molecule has 0 spiro atoms. The first-order valence-corrected chi connectivity index (χ1v) is 13.9. The fraction of sp³-hybridized carbons (Fsp3) is 0.321. The van der Waals surface area contributed by atoms with Crippen LogP contribution in [0.1, 0.15) is 31.7 Å². The van der Waals surface area contributed by atoms with Gasteiger partial charge in [-0.25, -0.2) is 15.0 Å². The van der Waals surface area contributed by atoms with E-state index in [1.807, 2.05) is 6.07 Å². The van der Waals surface area contributed by atoms with E-state index < -0.39 is 11.7 Å². The van der Waals surface area contributed by atoms with Gasteiger partial charge in [0.15, 0.2) is 10.9 Å². The molecule has 3 heterocycles. The number of carbonyl (C=O) groups excluding carboxylic acids is 2. The van der Waals surface area contributed by atoms with Gasteiger partial charge in [0, 0.05) is 31.1 Å². The molecule has 0 radical (unpaired) electrons. The van der Waals surface area contributed by atoms with Gasteiger partial charge < -0.3 is 15.4 Å². The first-order valence-electron chi connectivity index (χ1n) is 13.1. The van der Waals surface area contributed by atoms with Crippen molar-refractivity contribution in [3.63, 3.8) is 0 Å². The van der Waals surface area contributed by atoms with Crippen LogP contribution in [0.2, 0.25) is 0 Å². The maximum absolute atomic E-state index is 13.6. The summed E-state index contributed by atoms with van der Waals surface area (Å²) in [7, 11) is 0.